The summed E-state index contributed by atoms with van der Waals surface area (Å²) in [5, 5.41) is 7.46. The van der Waals surface area contributed by atoms with Gasteiger partial charge in [-0.2, -0.15) is 15.2 Å². The Morgan fingerprint density at radius 3 is 2.77 bits per heavy atom. The minimum atomic E-state index is -0.336. The van der Waals surface area contributed by atoms with Gasteiger partial charge in [-0.05, 0) is 25.3 Å². The number of rotatable bonds is 2. The third-order valence-corrected chi connectivity index (χ3v) is 2.56. The maximum atomic E-state index is 10.3. The van der Waals surface area contributed by atoms with Crippen molar-refractivity contribution in [1.29, 1.82) is 0 Å². The summed E-state index contributed by atoms with van der Waals surface area (Å²) in [6.07, 6.45) is 7.85. The Hall–Kier alpha value is -1.54. The van der Waals surface area contributed by atoms with E-state index in [0.717, 1.165) is 24.8 Å². The van der Waals surface area contributed by atoms with E-state index in [1.165, 1.54) is 0 Å². The summed E-state index contributed by atoms with van der Waals surface area (Å²) in [6, 6.07) is 1.85. The summed E-state index contributed by atoms with van der Waals surface area (Å²) in [7, 11) is 0. The molecular formula is C9H9N3O. The van der Waals surface area contributed by atoms with Crippen LogP contribution in [0.5, 0.6) is 0 Å². The maximum Gasteiger partial charge on any atom is 0.235 e. The molecule has 0 atom stereocenters. The molecule has 0 spiro atoms. The van der Waals surface area contributed by atoms with Gasteiger partial charge in [0.05, 0.1) is 11.7 Å². The molecule has 0 N–H and O–H groups in total. The number of hydrogen-bond donors (Lipinski definition) is 0. The zero-order valence-corrected chi connectivity index (χ0v) is 7.10. The summed E-state index contributed by atoms with van der Waals surface area (Å²) >= 11 is 0. The second kappa shape index (κ2) is 3.07. The predicted octanol–water partition coefficient (Wildman–Crippen LogP) is 1.19. The van der Waals surface area contributed by atoms with Crippen LogP contribution in [0.25, 0.3) is 0 Å². The zero-order chi connectivity index (χ0) is 9.15. The molecular weight excluding hydrogens is 166 g/mol. The molecule has 0 radical (unpaired) electrons. The van der Waals surface area contributed by atoms with Crippen LogP contribution >= 0.6 is 0 Å². The van der Waals surface area contributed by atoms with Crippen molar-refractivity contribution in [2.45, 2.75) is 24.8 Å². The minimum absolute atomic E-state index is 0.336. The summed E-state index contributed by atoms with van der Waals surface area (Å²) < 4.78 is 0. The number of carbonyl (C=O) groups excluding carboxylic acids is 1. The lowest BCUT2D eigenvalue weighted by atomic mass is 9.73. The van der Waals surface area contributed by atoms with Gasteiger partial charge in [0.15, 0.2) is 0 Å². The van der Waals surface area contributed by atoms with Crippen LogP contribution in [-0.2, 0) is 10.3 Å². The van der Waals surface area contributed by atoms with Crippen LogP contribution in [0.15, 0.2) is 23.5 Å². The van der Waals surface area contributed by atoms with E-state index in [2.05, 4.69) is 15.2 Å². The molecule has 1 aliphatic rings. The van der Waals surface area contributed by atoms with Crippen molar-refractivity contribution in [2.24, 2.45) is 4.99 Å². The third kappa shape index (κ3) is 1.25. The van der Waals surface area contributed by atoms with Gasteiger partial charge in [0.1, 0.15) is 0 Å². The molecule has 0 aromatic carbocycles. The standard InChI is InChI=1S/C9H9N3O/c13-7-10-9(3-1-4-9)8-2-5-11-12-6-8/h2,5-6H,1,3-4H2. The summed E-state index contributed by atoms with van der Waals surface area (Å²) in [4.78, 5) is 14.1. The quantitative estimate of drug-likeness (QED) is 0.501. The second-order valence-electron chi connectivity index (χ2n) is 3.22. The smallest absolute Gasteiger partial charge is 0.211 e. The number of isocyanates is 1. The van der Waals surface area contributed by atoms with Gasteiger partial charge < -0.3 is 0 Å². The molecule has 2 rings (SSSR count). The molecule has 1 fully saturated rings. The van der Waals surface area contributed by atoms with E-state index in [0.29, 0.717) is 0 Å². The van der Waals surface area contributed by atoms with E-state index >= 15 is 0 Å². The van der Waals surface area contributed by atoms with Crippen molar-refractivity contribution in [2.75, 3.05) is 0 Å². The van der Waals surface area contributed by atoms with E-state index in [9.17, 15) is 4.79 Å². The van der Waals surface area contributed by atoms with Gasteiger partial charge in [-0.3, -0.25) is 0 Å². The molecule has 4 heteroatoms. The van der Waals surface area contributed by atoms with Crippen LogP contribution in [0.1, 0.15) is 24.8 Å². The Labute approximate surface area is 75.7 Å². The molecule has 13 heavy (non-hydrogen) atoms. The average molecular weight is 175 g/mol. The molecule has 0 aliphatic heterocycles. The fourth-order valence-corrected chi connectivity index (χ4v) is 1.63. The predicted molar refractivity (Wildman–Crippen MR) is 45.7 cm³/mol. The van der Waals surface area contributed by atoms with E-state index in [4.69, 9.17) is 0 Å². The Kier molecular flexibility index (Phi) is 1.91. The lowest BCUT2D eigenvalue weighted by Gasteiger charge is -2.36. The lowest BCUT2D eigenvalue weighted by Crippen LogP contribution is -2.31. The lowest BCUT2D eigenvalue weighted by molar-refractivity contribution is 0.255. The topological polar surface area (TPSA) is 55.2 Å². The third-order valence-electron chi connectivity index (χ3n) is 2.56. The molecule has 0 amide bonds. The van der Waals surface area contributed by atoms with E-state index in [1.807, 2.05) is 6.07 Å². The van der Waals surface area contributed by atoms with E-state index in [1.54, 1.807) is 18.5 Å². The van der Waals surface area contributed by atoms with Crippen LogP contribution in [-0.4, -0.2) is 16.3 Å². The molecule has 1 heterocycles. The monoisotopic (exact) mass is 175 g/mol. The highest BCUT2D eigenvalue weighted by Crippen LogP contribution is 2.44. The fourth-order valence-electron chi connectivity index (χ4n) is 1.63. The summed E-state index contributed by atoms with van der Waals surface area (Å²) in [5.41, 5.74) is 0.634. The molecule has 0 saturated heterocycles. The zero-order valence-electron chi connectivity index (χ0n) is 7.10. The molecule has 1 aliphatic carbocycles. The fraction of sp³-hybridized carbons (Fsp3) is 0.444. The van der Waals surface area contributed by atoms with Gasteiger partial charge in [-0.1, -0.05) is 0 Å². The van der Waals surface area contributed by atoms with Crippen molar-refractivity contribution < 1.29 is 4.79 Å². The highest BCUT2D eigenvalue weighted by molar-refractivity contribution is 5.38. The maximum absolute atomic E-state index is 10.3. The van der Waals surface area contributed by atoms with Crippen molar-refractivity contribution in [3.05, 3.63) is 24.0 Å². The van der Waals surface area contributed by atoms with Gasteiger partial charge in [-0.25, -0.2) is 4.79 Å². The van der Waals surface area contributed by atoms with Gasteiger partial charge in [0.25, 0.3) is 0 Å². The largest absolute Gasteiger partial charge is 0.235 e. The van der Waals surface area contributed by atoms with Gasteiger partial charge in [0, 0.05) is 11.8 Å². The highest BCUT2D eigenvalue weighted by Gasteiger charge is 2.38. The van der Waals surface area contributed by atoms with Crippen LogP contribution in [0.2, 0.25) is 0 Å². The summed E-state index contributed by atoms with van der Waals surface area (Å²) in [5.74, 6) is 0. The van der Waals surface area contributed by atoms with Gasteiger partial charge in [0.2, 0.25) is 6.08 Å². The number of hydrogen-bond acceptors (Lipinski definition) is 4. The number of nitrogens with zero attached hydrogens (tertiary/aromatic N) is 3. The highest BCUT2D eigenvalue weighted by atomic mass is 16.1. The first-order chi connectivity index (χ1) is 6.37. The molecule has 66 valence electrons. The molecule has 4 nitrogen and oxygen atoms in total. The Morgan fingerprint density at radius 2 is 2.31 bits per heavy atom. The SMILES string of the molecule is O=C=NC1(c2ccnnc2)CCC1. The Bertz CT molecular complexity index is 339. The normalized spacial score (nSPS) is 18.5. The van der Waals surface area contributed by atoms with Gasteiger partial charge >= 0.3 is 0 Å². The number of aliphatic imine (C=N–C) groups is 1. The number of aromatic nitrogens is 2. The first-order valence-electron chi connectivity index (χ1n) is 4.24. The van der Waals surface area contributed by atoms with Crippen LogP contribution in [0.3, 0.4) is 0 Å². The van der Waals surface area contributed by atoms with Crippen molar-refractivity contribution in [3.63, 3.8) is 0 Å². The molecule has 1 saturated carbocycles. The first-order valence-corrected chi connectivity index (χ1v) is 4.24. The van der Waals surface area contributed by atoms with Crippen molar-refractivity contribution in [3.8, 4) is 0 Å². The molecule has 0 bridgehead atoms. The molecule has 1 aromatic heterocycles. The van der Waals surface area contributed by atoms with Crippen molar-refractivity contribution in [1.82, 2.24) is 10.2 Å². The molecule has 0 unspecified atom stereocenters. The Balaban J connectivity index is 2.37. The second-order valence-corrected chi connectivity index (χ2v) is 3.22. The molecule has 1 aromatic rings. The van der Waals surface area contributed by atoms with Gasteiger partial charge in [-0.15, -0.1) is 0 Å². The first kappa shape index (κ1) is 8.08. The van der Waals surface area contributed by atoms with Crippen LogP contribution in [0, 0.1) is 0 Å². The van der Waals surface area contributed by atoms with E-state index < -0.39 is 0 Å². The minimum Gasteiger partial charge on any atom is -0.211 e. The van der Waals surface area contributed by atoms with E-state index in [-0.39, 0.29) is 5.54 Å². The van der Waals surface area contributed by atoms with Crippen LogP contribution < -0.4 is 0 Å². The Morgan fingerprint density at radius 1 is 1.46 bits per heavy atom. The average Bonchev–Trinajstić information content (AvgIpc) is 2.13. The summed E-state index contributed by atoms with van der Waals surface area (Å²) in [6.45, 7) is 0. The van der Waals surface area contributed by atoms with Crippen molar-refractivity contribution >= 4 is 6.08 Å². The van der Waals surface area contributed by atoms with Crippen LogP contribution in [0.4, 0.5) is 0 Å².